The van der Waals surface area contributed by atoms with Gasteiger partial charge in [-0.05, 0) is 18.1 Å². The molecular weight excluding hydrogens is 324 g/mol. The van der Waals surface area contributed by atoms with Crippen LogP contribution in [0, 0.1) is 0 Å². The molecule has 0 bridgehead atoms. The van der Waals surface area contributed by atoms with E-state index in [0.717, 1.165) is 18.7 Å². The Morgan fingerprint density at radius 1 is 0.920 bits per heavy atom. The molecule has 2 aromatic carbocycles. The van der Waals surface area contributed by atoms with E-state index in [4.69, 9.17) is 5.10 Å². The average molecular weight is 353 g/mol. The molecule has 0 radical (unpaired) electrons. The maximum atomic E-state index is 11.7. The van der Waals surface area contributed by atoms with E-state index in [-0.39, 0.29) is 5.78 Å². The molecule has 0 fully saturated rings. The Balaban J connectivity index is 2.28. The van der Waals surface area contributed by atoms with Crippen molar-refractivity contribution in [3.63, 3.8) is 0 Å². The molecule has 0 amide bonds. The van der Waals surface area contributed by atoms with Crippen molar-refractivity contribution in [2.24, 2.45) is 5.10 Å². The van der Waals surface area contributed by atoms with Gasteiger partial charge in [-0.1, -0.05) is 80.3 Å². The van der Waals surface area contributed by atoms with Crippen molar-refractivity contribution < 1.29 is 4.79 Å². The summed E-state index contributed by atoms with van der Waals surface area (Å²) in [5.74, 6) is 0.157. The zero-order chi connectivity index (χ0) is 18.3. The lowest BCUT2D eigenvalue weighted by atomic mass is 10.1. The minimum atomic E-state index is -1.67. The molecule has 0 saturated carbocycles. The molecule has 0 N–H and O–H groups in total. The van der Waals surface area contributed by atoms with Gasteiger partial charge in [0.1, 0.15) is 5.78 Å². The topological polar surface area (TPSA) is 32.7 Å². The van der Waals surface area contributed by atoms with Gasteiger partial charge in [0.15, 0.2) is 8.24 Å². The second-order valence-electron chi connectivity index (χ2n) is 7.42. The molecule has 2 aromatic rings. The maximum absolute atomic E-state index is 11.7. The number of benzene rings is 2. The quantitative estimate of drug-likeness (QED) is 0.384. The molecule has 0 aliphatic rings. The van der Waals surface area contributed by atoms with Crippen LogP contribution in [0.25, 0.3) is 0 Å². The van der Waals surface area contributed by atoms with Crippen LogP contribution in [-0.2, 0) is 17.8 Å². The van der Waals surface area contributed by atoms with Crippen LogP contribution < -0.4 is 0 Å². The van der Waals surface area contributed by atoms with Gasteiger partial charge in [0.05, 0.1) is 6.54 Å². The Morgan fingerprint density at radius 2 is 1.44 bits per heavy atom. The van der Waals surface area contributed by atoms with E-state index >= 15 is 0 Å². The minimum absolute atomic E-state index is 0.157. The third kappa shape index (κ3) is 6.67. The van der Waals surface area contributed by atoms with Crippen molar-refractivity contribution in [1.29, 1.82) is 0 Å². The summed E-state index contributed by atoms with van der Waals surface area (Å²) in [4.78, 5) is 11.7. The van der Waals surface area contributed by atoms with Gasteiger partial charge < -0.3 is 4.67 Å². The summed E-state index contributed by atoms with van der Waals surface area (Å²) < 4.78 is 2.23. The first-order valence-electron chi connectivity index (χ1n) is 8.76. The van der Waals surface area contributed by atoms with E-state index in [1.54, 1.807) is 6.92 Å². The molecule has 0 aliphatic heterocycles. The van der Waals surface area contributed by atoms with Crippen LogP contribution in [0.2, 0.25) is 19.6 Å². The van der Waals surface area contributed by atoms with Gasteiger partial charge >= 0.3 is 0 Å². The highest BCUT2D eigenvalue weighted by atomic mass is 28.3. The Hall–Kier alpha value is -2.20. The largest absolute Gasteiger partial charge is 0.320 e. The lowest BCUT2D eigenvalue weighted by Crippen LogP contribution is -2.42. The summed E-state index contributed by atoms with van der Waals surface area (Å²) in [5, 5.41) is 4.97. The number of Topliss-reactive ketones (excluding diaryl/α,β-unsaturated/α-hetero) is 1. The fourth-order valence-corrected chi connectivity index (χ4v) is 3.70. The van der Waals surface area contributed by atoms with Gasteiger partial charge in [-0.3, -0.25) is 4.79 Å². The predicted octanol–water partition coefficient (Wildman–Crippen LogP) is 4.90. The van der Waals surface area contributed by atoms with Crippen molar-refractivity contribution in [2.75, 3.05) is 0 Å². The number of hydrogen-bond acceptors (Lipinski definition) is 3. The molecule has 0 heterocycles. The van der Waals surface area contributed by atoms with Gasteiger partial charge in [0.25, 0.3) is 0 Å². The average Bonchev–Trinajstić information content (AvgIpc) is 2.54. The fourth-order valence-electron chi connectivity index (χ4n) is 2.60. The summed E-state index contributed by atoms with van der Waals surface area (Å²) in [6.07, 6.45) is 1.13. The summed E-state index contributed by atoms with van der Waals surface area (Å²) in [6, 6.07) is 20.6. The van der Waals surface area contributed by atoms with Crippen LogP contribution in [0.4, 0.5) is 0 Å². The van der Waals surface area contributed by atoms with Crippen LogP contribution in [-0.4, -0.2) is 24.4 Å². The highest BCUT2D eigenvalue weighted by Gasteiger charge is 2.24. The number of hydrazone groups is 1. The van der Waals surface area contributed by atoms with Crippen LogP contribution in [0.1, 0.15) is 24.5 Å². The highest BCUT2D eigenvalue weighted by Crippen LogP contribution is 2.17. The fraction of sp³-hybridized carbons (Fsp3) is 0.333. The van der Waals surface area contributed by atoms with E-state index in [2.05, 4.69) is 60.7 Å². The van der Waals surface area contributed by atoms with Crippen molar-refractivity contribution in [3.8, 4) is 0 Å². The molecule has 0 unspecified atom stereocenters. The van der Waals surface area contributed by atoms with Crippen molar-refractivity contribution in [3.05, 3.63) is 71.8 Å². The summed E-state index contributed by atoms with van der Waals surface area (Å²) in [6.45, 7) is 9.28. The molecule has 2 rings (SSSR count). The minimum Gasteiger partial charge on any atom is -0.320 e. The highest BCUT2D eigenvalue weighted by molar-refractivity contribution is 6.73. The standard InChI is InChI=1S/C21H28N2OSi/c1-18(24)15-21(16-19-11-7-5-8-12-19)22-23(25(2,3)4)17-20-13-9-6-10-14-20/h5-14H,15-17H2,1-4H3/b22-21+. The molecule has 0 aromatic heterocycles. The van der Waals surface area contributed by atoms with E-state index in [1.165, 1.54) is 11.1 Å². The van der Waals surface area contributed by atoms with Crippen molar-refractivity contribution >= 4 is 19.7 Å². The van der Waals surface area contributed by atoms with Crippen LogP contribution in [0.3, 0.4) is 0 Å². The molecule has 4 heteroatoms. The van der Waals surface area contributed by atoms with Crippen LogP contribution in [0.15, 0.2) is 65.8 Å². The molecule has 3 nitrogen and oxygen atoms in total. The zero-order valence-electron chi connectivity index (χ0n) is 15.7. The smallest absolute Gasteiger partial charge is 0.169 e. The Kier molecular flexibility index (Phi) is 6.71. The van der Waals surface area contributed by atoms with Crippen molar-refractivity contribution in [1.82, 2.24) is 4.67 Å². The zero-order valence-corrected chi connectivity index (χ0v) is 16.7. The number of hydrogen-bond donors (Lipinski definition) is 0. The number of ketones is 1. The number of rotatable bonds is 8. The SMILES string of the molecule is CC(=O)C/C(Cc1ccccc1)=N\N(Cc1ccccc1)[Si](C)(C)C. The second-order valence-corrected chi connectivity index (χ2v) is 12.3. The van der Waals surface area contributed by atoms with Crippen LogP contribution >= 0.6 is 0 Å². The van der Waals surface area contributed by atoms with E-state index < -0.39 is 8.24 Å². The Morgan fingerprint density at radius 3 is 1.92 bits per heavy atom. The first kappa shape index (κ1) is 19.1. The predicted molar refractivity (Wildman–Crippen MR) is 108 cm³/mol. The summed E-state index contributed by atoms with van der Waals surface area (Å²) >= 11 is 0. The molecule has 0 saturated heterocycles. The third-order valence-corrected chi connectivity index (χ3v) is 5.72. The van der Waals surface area contributed by atoms with E-state index in [1.807, 2.05) is 24.3 Å². The number of carbonyl (C=O) groups is 1. The lowest BCUT2D eigenvalue weighted by Gasteiger charge is -2.32. The second kappa shape index (κ2) is 8.76. The normalized spacial score (nSPS) is 12.1. The van der Waals surface area contributed by atoms with E-state index in [0.29, 0.717) is 6.42 Å². The van der Waals surface area contributed by atoms with Crippen LogP contribution in [0.5, 0.6) is 0 Å². The molecule has 0 atom stereocenters. The first-order chi connectivity index (χ1) is 11.8. The lowest BCUT2D eigenvalue weighted by molar-refractivity contribution is -0.115. The first-order valence-corrected chi connectivity index (χ1v) is 12.2. The monoisotopic (exact) mass is 352 g/mol. The molecular formula is C21H28N2OSi. The van der Waals surface area contributed by atoms with Gasteiger partial charge in [0.2, 0.25) is 0 Å². The van der Waals surface area contributed by atoms with Gasteiger partial charge in [-0.2, -0.15) is 5.10 Å². The maximum Gasteiger partial charge on any atom is 0.169 e. The number of nitrogens with zero attached hydrogens (tertiary/aromatic N) is 2. The molecule has 0 aliphatic carbocycles. The van der Waals surface area contributed by atoms with Gasteiger partial charge in [-0.15, -0.1) is 0 Å². The van der Waals surface area contributed by atoms with Crippen molar-refractivity contribution in [2.45, 2.75) is 46.0 Å². The van der Waals surface area contributed by atoms with Gasteiger partial charge in [-0.25, -0.2) is 0 Å². The Labute approximate surface area is 152 Å². The summed E-state index contributed by atoms with van der Waals surface area (Å²) in [7, 11) is -1.67. The Bertz CT molecular complexity index is 706. The summed E-state index contributed by atoms with van der Waals surface area (Å²) in [5.41, 5.74) is 3.38. The molecule has 132 valence electrons. The molecule has 0 spiro atoms. The third-order valence-electron chi connectivity index (χ3n) is 3.92. The molecule has 25 heavy (non-hydrogen) atoms. The number of carbonyl (C=O) groups excluding carboxylic acids is 1. The van der Waals surface area contributed by atoms with Gasteiger partial charge in [0, 0.05) is 18.6 Å². The van der Waals surface area contributed by atoms with E-state index in [9.17, 15) is 4.79 Å².